The van der Waals surface area contributed by atoms with Gasteiger partial charge in [0, 0.05) is 12.6 Å². The number of likely N-dealkylation sites (N-methyl/N-ethyl adjacent to an activating group) is 1. The summed E-state index contributed by atoms with van der Waals surface area (Å²) in [5.74, 6) is -2.10. The standard InChI is InChI=1S/C17H23F2N3OS/c1-2-22(17(24)20-12-7-4-3-5-8-12)11-15(23)21-16-13(18)9-6-10-14(16)19/h6,9-10,12H,2-5,7-8,11H2,1H3,(H,20,24)(H,21,23). The van der Waals surface area contributed by atoms with Gasteiger partial charge in [0.2, 0.25) is 5.91 Å². The van der Waals surface area contributed by atoms with E-state index in [2.05, 4.69) is 10.6 Å². The zero-order valence-electron chi connectivity index (χ0n) is 13.8. The van der Waals surface area contributed by atoms with Crippen LogP contribution in [0, 0.1) is 11.6 Å². The molecule has 0 unspecified atom stereocenters. The number of amides is 1. The second kappa shape index (κ2) is 8.92. The fourth-order valence-corrected chi connectivity index (χ4v) is 3.17. The molecule has 1 aliphatic rings. The highest BCUT2D eigenvalue weighted by atomic mass is 32.1. The molecule has 1 fully saturated rings. The lowest BCUT2D eigenvalue weighted by atomic mass is 9.96. The number of benzene rings is 1. The summed E-state index contributed by atoms with van der Waals surface area (Å²) >= 11 is 5.38. The van der Waals surface area contributed by atoms with Crippen LogP contribution in [-0.2, 0) is 4.79 Å². The monoisotopic (exact) mass is 355 g/mol. The zero-order valence-corrected chi connectivity index (χ0v) is 14.6. The van der Waals surface area contributed by atoms with Gasteiger partial charge < -0.3 is 15.5 Å². The topological polar surface area (TPSA) is 44.4 Å². The summed E-state index contributed by atoms with van der Waals surface area (Å²) < 4.78 is 27.2. The van der Waals surface area contributed by atoms with E-state index in [-0.39, 0.29) is 6.54 Å². The van der Waals surface area contributed by atoms with Crippen molar-refractivity contribution in [3.05, 3.63) is 29.8 Å². The smallest absolute Gasteiger partial charge is 0.244 e. The van der Waals surface area contributed by atoms with Gasteiger partial charge in [-0.05, 0) is 44.1 Å². The maximum absolute atomic E-state index is 13.6. The number of carbonyl (C=O) groups is 1. The number of para-hydroxylation sites is 1. The molecule has 0 atom stereocenters. The molecule has 7 heteroatoms. The quantitative estimate of drug-likeness (QED) is 0.795. The normalized spacial score (nSPS) is 15.0. The second-order valence-electron chi connectivity index (χ2n) is 5.94. The van der Waals surface area contributed by atoms with Crippen LogP contribution >= 0.6 is 12.2 Å². The molecule has 0 heterocycles. The number of nitrogens with zero attached hydrogens (tertiary/aromatic N) is 1. The van der Waals surface area contributed by atoms with Crippen LogP contribution in [0.4, 0.5) is 14.5 Å². The van der Waals surface area contributed by atoms with Gasteiger partial charge in [-0.2, -0.15) is 0 Å². The minimum atomic E-state index is -0.797. The van der Waals surface area contributed by atoms with Crippen molar-refractivity contribution in [3.8, 4) is 0 Å². The van der Waals surface area contributed by atoms with Gasteiger partial charge in [0.1, 0.15) is 17.3 Å². The van der Waals surface area contributed by atoms with Crippen LogP contribution in [0.3, 0.4) is 0 Å². The highest BCUT2D eigenvalue weighted by molar-refractivity contribution is 7.80. The number of hydrogen-bond donors (Lipinski definition) is 2. The van der Waals surface area contributed by atoms with Crippen LogP contribution in [0.25, 0.3) is 0 Å². The Kier molecular flexibility index (Phi) is 6.90. The molecule has 0 aromatic heterocycles. The summed E-state index contributed by atoms with van der Waals surface area (Å²) in [5.41, 5.74) is -0.426. The van der Waals surface area contributed by atoms with Crippen LogP contribution in [0.5, 0.6) is 0 Å². The van der Waals surface area contributed by atoms with Crippen molar-refractivity contribution in [3.63, 3.8) is 0 Å². The van der Waals surface area contributed by atoms with E-state index in [0.717, 1.165) is 25.0 Å². The first-order valence-electron chi connectivity index (χ1n) is 8.30. The Morgan fingerprint density at radius 3 is 2.46 bits per heavy atom. The number of hydrogen-bond acceptors (Lipinski definition) is 2. The lowest BCUT2D eigenvalue weighted by molar-refractivity contribution is -0.116. The molecule has 0 aliphatic heterocycles. The van der Waals surface area contributed by atoms with Gasteiger partial charge in [0.25, 0.3) is 0 Å². The van der Waals surface area contributed by atoms with E-state index >= 15 is 0 Å². The summed E-state index contributed by atoms with van der Waals surface area (Å²) in [6, 6.07) is 3.80. The second-order valence-corrected chi connectivity index (χ2v) is 6.33. The maximum atomic E-state index is 13.6. The molecule has 1 aliphatic carbocycles. The molecule has 1 saturated carbocycles. The number of halogens is 2. The SMILES string of the molecule is CCN(CC(=O)Nc1c(F)cccc1F)C(=S)NC1CCCCC1. The van der Waals surface area contributed by atoms with E-state index in [0.29, 0.717) is 17.7 Å². The average Bonchev–Trinajstić information content (AvgIpc) is 2.57. The minimum Gasteiger partial charge on any atom is -0.360 e. The molecule has 24 heavy (non-hydrogen) atoms. The van der Waals surface area contributed by atoms with Crippen molar-refractivity contribution in [1.29, 1.82) is 0 Å². The summed E-state index contributed by atoms with van der Waals surface area (Å²) in [5, 5.41) is 6.08. The summed E-state index contributed by atoms with van der Waals surface area (Å²) in [6.07, 6.45) is 5.76. The predicted molar refractivity (Wildman–Crippen MR) is 94.8 cm³/mol. The Morgan fingerprint density at radius 1 is 1.25 bits per heavy atom. The first-order chi connectivity index (χ1) is 11.5. The molecule has 0 spiro atoms. The molecule has 1 aromatic carbocycles. The van der Waals surface area contributed by atoms with Gasteiger partial charge in [0.05, 0.1) is 6.54 Å². The molecule has 0 bridgehead atoms. The van der Waals surface area contributed by atoms with Gasteiger partial charge >= 0.3 is 0 Å². The van der Waals surface area contributed by atoms with Crippen molar-refractivity contribution in [2.75, 3.05) is 18.4 Å². The van der Waals surface area contributed by atoms with Crippen LogP contribution in [0.2, 0.25) is 0 Å². The van der Waals surface area contributed by atoms with Crippen molar-refractivity contribution in [2.24, 2.45) is 0 Å². The van der Waals surface area contributed by atoms with Gasteiger partial charge in [-0.3, -0.25) is 4.79 Å². The third kappa shape index (κ3) is 5.12. The summed E-state index contributed by atoms with van der Waals surface area (Å²) in [4.78, 5) is 13.8. The number of anilines is 1. The van der Waals surface area contributed by atoms with E-state index in [1.165, 1.54) is 25.3 Å². The Hall–Kier alpha value is -1.76. The van der Waals surface area contributed by atoms with E-state index in [1.54, 1.807) is 4.90 Å². The van der Waals surface area contributed by atoms with Crippen molar-refractivity contribution < 1.29 is 13.6 Å². The van der Waals surface area contributed by atoms with Crippen LogP contribution in [0.1, 0.15) is 39.0 Å². The lowest BCUT2D eigenvalue weighted by Crippen LogP contribution is -2.47. The Labute approximate surface area is 146 Å². The fraction of sp³-hybridized carbons (Fsp3) is 0.529. The number of carbonyl (C=O) groups excluding carboxylic acids is 1. The highest BCUT2D eigenvalue weighted by Crippen LogP contribution is 2.19. The molecular formula is C17H23F2N3OS. The third-order valence-corrected chi connectivity index (χ3v) is 4.54. The first-order valence-corrected chi connectivity index (χ1v) is 8.71. The molecule has 2 rings (SSSR count). The van der Waals surface area contributed by atoms with Crippen LogP contribution < -0.4 is 10.6 Å². The van der Waals surface area contributed by atoms with Gasteiger partial charge in [-0.1, -0.05) is 25.3 Å². The minimum absolute atomic E-state index is 0.0528. The Morgan fingerprint density at radius 2 is 1.88 bits per heavy atom. The number of rotatable bonds is 5. The Bertz CT molecular complexity index is 571. The van der Waals surface area contributed by atoms with Crippen molar-refractivity contribution >= 4 is 28.9 Å². The number of thiocarbonyl (C=S) groups is 1. The molecule has 1 amide bonds. The van der Waals surface area contributed by atoms with Crippen molar-refractivity contribution in [2.45, 2.75) is 45.1 Å². The molecule has 1 aromatic rings. The highest BCUT2D eigenvalue weighted by Gasteiger charge is 2.19. The molecular weight excluding hydrogens is 332 g/mol. The van der Waals surface area contributed by atoms with Crippen LogP contribution in [0.15, 0.2) is 18.2 Å². The van der Waals surface area contributed by atoms with Gasteiger partial charge in [0.15, 0.2) is 5.11 Å². The summed E-state index contributed by atoms with van der Waals surface area (Å²) in [6.45, 7) is 2.36. The van der Waals surface area contributed by atoms with Gasteiger partial charge in [-0.15, -0.1) is 0 Å². The van der Waals surface area contributed by atoms with Crippen LogP contribution in [-0.4, -0.2) is 35.1 Å². The van der Waals surface area contributed by atoms with Crippen molar-refractivity contribution in [1.82, 2.24) is 10.2 Å². The molecule has 132 valence electrons. The summed E-state index contributed by atoms with van der Waals surface area (Å²) in [7, 11) is 0. The lowest BCUT2D eigenvalue weighted by Gasteiger charge is -2.29. The van der Waals surface area contributed by atoms with E-state index in [9.17, 15) is 13.6 Å². The maximum Gasteiger partial charge on any atom is 0.244 e. The molecule has 2 N–H and O–H groups in total. The first kappa shape index (κ1) is 18.6. The van der Waals surface area contributed by atoms with E-state index < -0.39 is 23.2 Å². The predicted octanol–water partition coefficient (Wildman–Crippen LogP) is 3.43. The molecule has 4 nitrogen and oxygen atoms in total. The van der Waals surface area contributed by atoms with E-state index in [4.69, 9.17) is 12.2 Å². The average molecular weight is 355 g/mol. The zero-order chi connectivity index (χ0) is 17.5. The van der Waals surface area contributed by atoms with E-state index in [1.807, 2.05) is 6.92 Å². The number of nitrogens with one attached hydrogen (secondary N) is 2. The van der Waals surface area contributed by atoms with Gasteiger partial charge in [-0.25, -0.2) is 8.78 Å². The fourth-order valence-electron chi connectivity index (χ4n) is 2.81. The molecule has 0 radical (unpaired) electrons. The molecule has 0 saturated heterocycles. The largest absolute Gasteiger partial charge is 0.360 e. The Balaban J connectivity index is 1.91. The third-order valence-electron chi connectivity index (χ3n) is 4.16.